The molecule has 0 aromatic carbocycles. The molecule has 4 rings (SSSR count). The number of hydrogen-bond acceptors (Lipinski definition) is 7. The van der Waals surface area contributed by atoms with Gasteiger partial charge in [0.2, 0.25) is 0 Å². The summed E-state index contributed by atoms with van der Waals surface area (Å²) in [7, 11) is 2.05. The zero-order valence-electron chi connectivity index (χ0n) is 17.7. The fraction of sp³-hybridized carbons (Fsp3) is 0.476. The summed E-state index contributed by atoms with van der Waals surface area (Å²) in [5, 5.41) is 9.13. The number of halogens is 1. The van der Waals surface area contributed by atoms with Gasteiger partial charge in [-0.15, -0.1) is 11.3 Å². The predicted molar refractivity (Wildman–Crippen MR) is 122 cm³/mol. The molecule has 170 valence electrons. The van der Waals surface area contributed by atoms with E-state index in [1.807, 2.05) is 0 Å². The van der Waals surface area contributed by atoms with Gasteiger partial charge in [-0.2, -0.15) is 0 Å². The number of carbonyl (C=O) groups is 3. The van der Waals surface area contributed by atoms with Crippen molar-refractivity contribution in [1.82, 2.24) is 25.5 Å². The molecule has 2 aromatic rings. The highest BCUT2D eigenvalue weighted by molar-refractivity contribution is 7.13. The van der Waals surface area contributed by atoms with E-state index in [1.165, 1.54) is 23.6 Å². The van der Waals surface area contributed by atoms with Crippen molar-refractivity contribution in [2.45, 2.75) is 50.7 Å². The third-order valence-electron chi connectivity index (χ3n) is 5.69. The van der Waals surface area contributed by atoms with Gasteiger partial charge in [0.15, 0.2) is 5.01 Å². The Hall–Kier alpha value is -2.56. The number of pyridine rings is 1. The number of fused-ring (bicyclic) bond motifs is 1. The maximum Gasteiger partial charge on any atom is 0.314 e. The van der Waals surface area contributed by atoms with Crippen molar-refractivity contribution >= 4 is 46.5 Å². The van der Waals surface area contributed by atoms with Crippen LogP contribution in [0.25, 0.3) is 0 Å². The molecular formula is C21H25ClN6O3S. The average Bonchev–Trinajstić information content (AvgIpc) is 3.20. The summed E-state index contributed by atoms with van der Waals surface area (Å²) in [6.07, 6.45) is 5.49. The second kappa shape index (κ2) is 9.93. The molecule has 3 heterocycles. The second-order valence-electron chi connectivity index (χ2n) is 8.14. The number of carbonyl (C=O) groups excluding carboxylic acids is 3. The van der Waals surface area contributed by atoms with Crippen LogP contribution in [0.5, 0.6) is 0 Å². The number of likely N-dealkylation sites (N-methyl/N-ethyl adjacent to an activating group) is 1. The van der Waals surface area contributed by atoms with Crippen LogP contribution in [0, 0.1) is 0 Å². The van der Waals surface area contributed by atoms with Crippen molar-refractivity contribution < 1.29 is 14.4 Å². The Morgan fingerprint density at radius 1 is 1.12 bits per heavy atom. The Morgan fingerprint density at radius 3 is 2.59 bits per heavy atom. The number of nitrogens with one attached hydrogen (secondary N) is 3. The molecule has 1 saturated carbocycles. The van der Waals surface area contributed by atoms with Crippen LogP contribution in [-0.2, 0) is 22.6 Å². The topological polar surface area (TPSA) is 116 Å². The first-order chi connectivity index (χ1) is 15.4. The van der Waals surface area contributed by atoms with Crippen LogP contribution in [0.2, 0.25) is 5.02 Å². The average molecular weight is 477 g/mol. The van der Waals surface area contributed by atoms with Gasteiger partial charge < -0.3 is 20.9 Å². The lowest BCUT2D eigenvalue weighted by molar-refractivity contribution is -0.136. The normalized spacial score (nSPS) is 20.8. The highest BCUT2D eigenvalue weighted by atomic mass is 35.5. The van der Waals surface area contributed by atoms with Gasteiger partial charge in [0.05, 0.1) is 10.7 Å². The van der Waals surface area contributed by atoms with E-state index in [2.05, 4.69) is 37.9 Å². The van der Waals surface area contributed by atoms with Crippen molar-refractivity contribution in [2.24, 2.45) is 0 Å². The van der Waals surface area contributed by atoms with E-state index in [0.29, 0.717) is 16.5 Å². The summed E-state index contributed by atoms with van der Waals surface area (Å²) in [6, 6.07) is 2.50. The summed E-state index contributed by atoms with van der Waals surface area (Å²) < 4.78 is 0. The van der Waals surface area contributed by atoms with E-state index < -0.39 is 11.8 Å². The van der Waals surface area contributed by atoms with Crippen molar-refractivity contribution in [2.75, 3.05) is 18.9 Å². The minimum Gasteiger partial charge on any atom is -0.345 e. The molecule has 32 heavy (non-hydrogen) atoms. The van der Waals surface area contributed by atoms with Crippen molar-refractivity contribution in [3.63, 3.8) is 0 Å². The van der Waals surface area contributed by atoms with Gasteiger partial charge in [-0.05, 0) is 32.0 Å². The highest BCUT2D eigenvalue weighted by Gasteiger charge is 2.31. The Bertz CT molecular complexity index is 1010. The molecule has 2 atom stereocenters. The van der Waals surface area contributed by atoms with E-state index in [1.54, 1.807) is 6.07 Å². The highest BCUT2D eigenvalue weighted by Crippen LogP contribution is 2.25. The molecule has 0 saturated heterocycles. The number of anilines is 1. The van der Waals surface area contributed by atoms with Gasteiger partial charge in [0, 0.05) is 42.7 Å². The lowest BCUT2D eigenvalue weighted by Gasteiger charge is -2.32. The lowest BCUT2D eigenvalue weighted by Crippen LogP contribution is -2.55. The molecule has 0 spiro atoms. The van der Waals surface area contributed by atoms with Crippen LogP contribution in [0.15, 0.2) is 18.3 Å². The Morgan fingerprint density at radius 2 is 1.88 bits per heavy atom. The minimum absolute atomic E-state index is 0.229. The summed E-state index contributed by atoms with van der Waals surface area (Å²) in [5.41, 5.74) is 0.999. The van der Waals surface area contributed by atoms with Crippen LogP contribution < -0.4 is 16.0 Å². The van der Waals surface area contributed by atoms with Crippen molar-refractivity contribution in [3.8, 4) is 0 Å². The number of amides is 3. The molecule has 3 amide bonds. The summed E-state index contributed by atoms with van der Waals surface area (Å²) >= 11 is 7.21. The standard InChI is InChI=1S/C21H25ClN6O3S/c1-28-9-8-15-16(11-28)32-21(26-15)20(31)25-14-5-3-2-4-13(14)24-18(29)19(30)27-17-7-6-12(22)10-23-17/h6-7,10,13-14H,2-5,8-9,11H2,1H3,(H,24,29)(H,25,31)(H,23,27,30)/t13-,14+/m0/s1. The molecule has 0 radical (unpaired) electrons. The van der Waals surface area contributed by atoms with Crippen molar-refractivity contribution in [3.05, 3.63) is 38.9 Å². The van der Waals surface area contributed by atoms with Gasteiger partial charge >= 0.3 is 11.8 Å². The van der Waals surface area contributed by atoms with Crippen LogP contribution in [0.3, 0.4) is 0 Å². The number of aromatic nitrogens is 2. The second-order valence-corrected chi connectivity index (χ2v) is 9.66. The zero-order chi connectivity index (χ0) is 22.7. The maximum atomic E-state index is 12.9. The van der Waals surface area contributed by atoms with Crippen LogP contribution in [-0.4, -0.2) is 58.3 Å². The third kappa shape index (κ3) is 5.43. The third-order valence-corrected chi connectivity index (χ3v) is 7.00. The molecule has 1 aliphatic carbocycles. The van der Waals surface area contributed by atoms with Gasteiger partial charge in [-0.25, -0.2) is 9.97 Å². The maximum absolute atomic E-state index is 12.9. The number of hydrogen-bond donors (Lipinski definition) is 3. The lowest BCUT2D eigenvalue weighted by atomic mass is 9.90. The summed E-state index contributed by atoms with van der Waals surface area (Å²) in [4.78, 5) is 49.4. The largest absolute Gasteiger partial charge is 0.345 e. The molecule has 3 N–H and O–H groups in total. The van der Waals surface area contributed by atoms with E-state index >= 15 is 0 Å². The zero-order valence-corrected chi connectivity index (χ0v) is 19.3. The molecular weight excluding hydrogens is 452 g/mol. The Balaban J connectivity index is 1.36. The summed E-state index contributed by atoms with van der Waals surface area (Å²) in [6.45, 7) is 1.74. The first kappa shape index (κ1) is 22.6. The minimum atomic E-state index is -0.813. The van der Waals surface area contributed by atoms with E-state index in [-0.39, 0.29) is 23.8 Å². The molecule has 0 unspecified atom stereocenters. The SMILES string of the molecule is CN1CCc2nc(C(=O)N[C@@H]3CCCC[C@@H]3NC(=O)C(=O)Nc3ccc(Cl)cn3)sc2C1. The monoisotopic (exact) mass is 476 g/mol. The first-order valence-corrected chi connectivity index (χ1v) is 11.8. The van der Waals surface area contributed by atoms with E-state index in [0.717, 1.165) is 49.3 Å². The molecule has 0 bridgehead atoms. The molecule has 2 aromatic heterocycles. The summed E-state index contributed by atoms with van der Waals surface area (Å²) in [5.74, 6) is -1.57. The Kier molecular flexibility index (Phi) is 7.02. The van der Waals surface area contributed by atoms with Crippen molar-refractivity contribution in [1.29, 1.82) is 0 Å². The number of nitrogens with zero attached hydrogens (tertiary/aromatic N) is 3. The predicted octanol–water partition coefficient (Wildman–Crippen LogP) is 1.98. The molecule has 2 aliphatic rings. The number of rotatable bonds is 4. The van der Waals surface area contributed by atoms with Crippen LogP contribution in [0.1, 0.15) is 46.1 Å². The fourth-order valence-electron chi connectivity index (χ4n) is 3.98. The quantitative estimate of drug-likeness (QED) is 0.581. The molecule has 1 fully saturated rings. The van der Waals surface area contributed by atoms with Gasteiger partial charge in [-0.3, -0.25) is 14.4 Å². The first-order valence-electron chi connectivity index (χ1n) is 10.6. The smallest absolute Gasteiger partial charge is 0.314 e. The van der Waals surface area contributed by atoms with Crippen LogP contribution >= 0.6 is 22.9 Å². The molecule has 1 aliphatic heterocycles. The Labute approximate surface area is 194 Å². The van der Waals surface area contributed by atoms with Crippen LogP contribution in [0.4, 0.5) is 5.82 Å². The molecule has 9 nitrogen and oxygen atoms in total. The van der Waals surface area contributed by atoms with Gasteiger partial charge in [0.25, 0.3) is 5.91 Å². The number of thiazole rings is 1. The van der Waals surface area contributed by atoms with Gasteiger partial charge in [-0.1, -0.05) is 24.4 Å². The fourth-order valence-corrected chi connectivity index (χ4v) is 5.19. The van der Waals surface area contributed by atoms with E-state index in [4.69, 9.17) is 11.6 Å². The van der Waals surface area contributed by atoms with Gasteiger partial charge in [0.1, 0.15) is 5.82 Å². The molecule has 11 heteroatoms. The van der Waals surface area contributed by atoms with E-state index in [9.17, 15) is 14.4 Å².